The van der Waals surface area contributed by atoms with E-state index in [0.29, 0.717) is 45.8 Å². The molecule has 34 heavy (non-hydrogen) atoms. The van der Waals surface area contributed by atoms with E-state index in [1.165, 1.54) is 6.33 Å². The van der Waals surface area contributed by atoms with E-state index in [0.717, 1.165) is 19.4 Å². The average molecular weight is 553 g/mol. The number of amides is 1. The Morgan fingerprint density at radius 2 is 2.12 bits per heavy atom. The Labute approximate surface area is 209 Å². The maximum absolute atomic E-state index is 14.7. The number of hydrogen-bond donors (Lipinski definition) is 2. The van der Waals surface area contributed by atoms with Crippen LogP contribution in [0.25, 0.3) is 10.9 Å². The molecular weight excluding hydrogens is 529 g/mol. The summed E-state index contributed by atoms with van der Waals surface area (Å²) >= 11 is 9.24. The number of fused-ring (bicyclic) bond motifs is 1. The Balaban J connectivity index is 1.72. The first-order valence-corrected chi connectivity index (χ1v) is 11.9. The first-order chi connectivity index (χ1) is 16.4. The predicted molar refractivity (Wildman–Crippen MR) is 134 cm³/mol. The Hall–Kier alpha value is -2.53. The molecular formula is C23H24BrClFN5O3. The highest BCUT2D eigenvalue weighted by atomic mass is 79.9. The summed E-state index contributed by atoms with van der Waals surface area (Å²) in [4.78, 5) is 23.6. The second-order valence-corrected chi connectivity index (χ2v) is 9.14. The fraction of sp³-hybridized carbons (Fsp3) is 0.348. The largest absolute Gasteiger partial charge is 0.489 e. The van der Waals surface area contributed by atoms with Gasteiger partial charge >= 0.3 is 0 Å². The predicted octanol–water partition coefficient (Wildman–Crippen LogP) is 4.99. The summed E-state index contributed by atoms with van der Waals surface area (Å²) in [7, 11) is 3.52. The Morgan fingerprint density at radius 1 is 1.29 bits per heavy atom. The molecule has 1 aliphatic heterocycles. The van der Waals surface area contributed by atoms with Gasteiger partial charge in [-0.1, -0.05) is 11.6 Å². The number of methoxy groups -OCH3 is 1. The van der Waals surface area contributed by atoms with Gasteiger partial charge in [-0.25, -0.2) is 14.4 Å². The number of ether oxygens (including phenoxy) is 2. The van der Waals surface area contributed by atoms with Crippen LogP contribution in [-0.2, 0) is 9.53 Å². The Kier molecular flexibility index (Phi) is 7.82. The van der Waals surface area contributed by atoms with E-state index in [-0.39, 0.29) is 22.7 Å². The third-order valence-electron chi connectivity index (χ3n) is 5.65. The van der Waals surface area contributed by atoms with E-state index in [1.54, 1.807) is 31.4 Å². The van der Waals surface area contributed by atoms with Crippen molar-refractivity contribution in [1.29, 1.82) is 0 Å². The van der Waals surface area contributed by atoms with Crippen molar-refractivity contribution in [3.63, 3.8) is 0 Å². The van der Waals surface area contributed by atoms with Crippen molar-refractivity contribution in [3.8, 4) is 5.75 Å². The molecule has 0 aliphatic carbocycles. The highest BCUT2D eigenvalue weighted by Gasteiger charge is 2.28. The van der Waals surface area contributed by atoms with Crippen LogP contribution in [0.4, 0.5) is 21.6 Å². The smallest absolute Gasteiger partial charge is 0.241 e. The number of likely N-dealkylation sites (N-methyl/N-ethyl adjacent to an activating group) is 1. The van der Waals surface area contributed by atoms with Crippen molar-refractivity contribution in [2.24, 2.45) is 0 Å². The first kappa shape index (κ1) is 24.6. The highest BCUT2D eigenvalue weighted by molar-refractivity contribution is 9.10. The zero-order valence-corrected chi connectivity index (χ0v) is 21.0. The summed E-state index contributed by atoms with van der Waals surface area (Å²) in [6.07, 6.45) is 3.12. The fourth-order valence-corrected chi connectivity index (χ4v) is 4.31. The van der Waals surface area contributed by atoms with Crippen molar-refractivity contribution in [2.45, 2.75) is 18.9 Å². The summed E-state index contributed by atoms with van der Waals surface area (Å²) < 4.78 is 26.1. The maximum Gasteiger partial charge on any atom is 0.241 e. The summed E-state index contributed by atoms with van der Waals surface area (Å²) in [5, 5.41) is 6.52. The number of nitrogens with zero attached hydrogens (tertiary/aromatic N) is 3. The van der Waals surface area contributed by atoms with Gasteiger partial charge in [0.2, 0.25) is 5.91 Å². The van der Waals surface area contributed by atoms with Gasteiger partial charge in [-0.2, -0.15) is 0 Å². The molecule has 1 atom stereocenters. The molecule has 11 heteroatoms. The molecule has 1 aromatic heterocycles. The number of halogens is 3. The molecule has 0 bridgehead atoms. The molecule has 2 N–H and O–H groups in total. The van der Waals surface area contributed by atoms with E-state index in [1.807, 2.05) is 11.9 Å². The lowest BCUT2D eigenvalue weighted by atomic mass is 10.1. The van der Waals surface area contributed by atoms with Crippen LogP contribution in [0.2, 0.25) is 5.02 Å². The molecule has 2 heterocycles. The number of hydrogen-bond acceptors (Lipinski definition) is 7. The van der Waals surface area contributed by atoms with Crippen LogP contribution in [0.3, 0.4) is 0 Å². The summed E-state index contributed by atoms with van der Waals surface area (Å²) in [5.74, 6) is 0.0911. The van der Waals surface area contributed by atoms with Crippen molar-refractivity contribution in [1.82, 2.24) is 14.9 Å². The van der Waals surface area contributed by atoms with Gasteiger partial charge in [-0.05, 0) is 60.6 Å². The van der Waals surface area contributed by atoms with E-state index < -0.39 is 5.82 Å². The lowest BCUT2D eigenvalue weighted by Gasteiger charge is -2.20. The number of rotatable bonds is 8. The molecule has 1 amide bonds. The van der Waals surface area contributed by atoms with Gasteiger partial charge in [-0.3, -0.25) is 9.69 Å². The third kappa shape index (κ3) is 5.25. The topological polar surface area (TPSA) is 88.6 Å². The molecule has 4 rings (SSSR count). The van der Waals surface area contributed by atoms with E-state index in [4.69, 9.17) is 21.1 Å². The van der Waals surface area contributed by atoms with Crippen LogP contribution < -0.4 is 15.4 Å². The van der Waals surface area contributed by atoms with Crippen molar-refractivity contribution >= 4 is 61.5 Å². The molecule has 0 saturated carbocycles. The lowest BCUT2D eigenvalue weighted by Crippen LogP contribution is -2.37. The molecule has 180 valence electrons. The SMILES string of the molecule is COCCOc1cc2ncnc(Nc3ccc(Br)c(Cl)c3F)c2cc1NC(=O)C1CCCN1C. The first-order valence-electron chi connectivity index (χ1n) is 10.7. The zero-order chi connectivity index (χ0) is 24.2. The third-order valence-corrected chi connectivity index (χ3v) is 6.91. The van der Waals surface area contributed by atoms with E-state index in [2.05, 4.69) is 36.5 Å². The summed E-state index contributed by atoms with van der Waals surface area (Å²) in [6, 6.07) is 6.43. The molecule has 8 nitrogen and oxygen atoms in total. The number of aromatic nitrogens is 2. The normalized spacial score (nSPS) is 16.1. The molecule has 1 saturated heterocycles. The highest BCUT2D eigenvalue weighted by Crippen LogP contribution is 2.36. The molecule has 0 radical (unpaired) electrons. The van der Waals surface area contributed by atoms with Crippen LogP contribution in [0.1, 0.15) is 12.8 Å². The van der Waals surface area contributed by atoms with Crippen LogP contribution in [0.5, 0.6) is 5.75 Å². The van der Waals surface area contributed by atoms with Gasteiger partial charge in [0, 0.05) is 23.0 Å². The van der Waals surface area contributed by atoms with Gasteiger partial charge in [0.25, 0.3) is 0 Å². The molecule has 1 fully saturated rings. The molecule has 2 aromatic carbocycles. The van der Waals surface area contributed by atoms with Crippen LogP contribution in [0, 0.1) is 5.82 Å². The van der Waals surface area contributed by atoms with Crippen LogP contribution in [-0.4, -0.2) is 60.7 Å². The quantitative estimate of drug-likeness (QED) is 0.301. The summed E-state index contributed by atoms with van der Waals surface area (Å²) in [5.41, 5.74) is 1.19. The standard InChI is InChI=1S/C23H24BrClFN5O3/c1-31-7-3-4-18(31)23(32)30-17-10-13-16(11-19(17)34-9-8-33-2)27-12-28-22(13)29-15-6-5-14(24)20(25)21(15)26/h5-6,10-12,18H,3-4,7-9H2,1-2H3,(H,30,32)(H,27,28,29). The number of nitrogens with one attached hydrogen (secondary N) is 2. The zero-order valence-electron chi connectivity index (χ0n) is 18.7. The Morgan fingerprint density at radius 3 is 2.85 bits per heavy atom. The maximum atomic E-state index is 14.7. The number of benzene rings is 2. The molecule has 1 unspecified atom stereocenters. The minimum absolute atomic E-state index is 0.0363. The minimum Gasteiger partial charge on any atom is -0.489 e. The van der Waals surface area contributed by atoms with Crippen LogP contribution in [0.15, 0.2) is 35.1 Å². The number of carbonyl (C=O) groups excluding carboxylic acids is 1. The summed E-state index contributed by atoms with van der Waals surface area (Å²) in [6.45, 7) is 1.56. The van der Waals surface area contributed by atoms with Gasteiger partial charge < -0.3 is 20.1 Å². The monoisotopic (exact) mass is 551 g/mol. The second kappa shape index (κ2) is 10.8. The van der Waals surface area contributed by atoms with E-state index in [9.17, 15) is 9.18 Å². The van der Waals surface area contributed by atoms with Gasteiger partial charge in [0.1, 0.15) is 24.5 Å². The van der Waals surface area contributed by atoms with Crippen molar-refractivity contribution in [3.05, 3.63) is 45.9 Å². The van der Waals surface area contributed by atoms with Crippen molar-refractivity contribution < 1.29 is 18.7 Å². The molecule has 1 aliphatic rings. The number of anilines is 3. The molecule has 0 spiro atoms. The number of likely N-dealkylation sites (tertiary alicyclic amines) is 1. The number of carbonyl (C=O) groups is 1. The van der Waals surface area contributed by atoms with Crippen LogP contribution >= 0.6 is 27.5 Å². The van der Waals surface area contributed by atoms with Gasteiger partial charge in [0.15, 0.2) is 5.82 Å². The van der Waals surface area contributed by atoms with Gasteiger partial charge in [0.05, 0.1) is 34.6 Å². The fourth-order valence-electron chi connectivity index (χ4n) is 3.84. The lowest BCUT2D eigenvalue weighted by molar-refractivity contribution is -0.119. The van der Waals surface area contributed by atoms with Gasteiger partial charge in [-0.15, -0.1) is 0 Å². The second-order valence-electron chi connectivity index (χ2n) is 7.90. The van der Waals surface area contributed by atoms with Crippen molar-refractivity contribution in [2.75, 3.05) is 44.5 Å². The van der Waals surface area contributed by atoms with E-state index >= 15 is 0 Å². The minimum atomic E-state index is -0.611. The molecule has 3 aromatic rings. The Bertz CT molecular complexity index is 1210. The average Bonchev–Trinajstić information content (AvgIpc) is 3.26.